The maximum atomic E-state index is 10.0. The van der Waals surface area contributed by atoms with Crippen molar-refractivity contribution in [1.29, 1.82) is 0 Å². The molecule has 0 fully saturated rings. The van der Waals surface area contributed by atoms with Gasteiger partial charge in [0.15, 0.2) is 0 Å². The van der Waals surface area contributed by atoms with Gasteiger partial charge in [0, 0.05) is 5.97 Å². The summed E-state index contributed by atoms with van der Waals surface area (Å²) in [4.78, 5) is 10.0. The molecule has 0 radical (unpaired) electrons. The van der Waals surface area contributed by atoms with E-state index in [4.69, 9.17) is 0 Å². The van der Waals surface area contributed by atoms with E-state index in [1.54, 1.807) is 0 Å². The summed E-state index contributed by atoms with van der Waals surface area (Å²) in [7, 11) is 0. The summed E-state index contributed by atoms with van der Waals surface area (Å²) in [5, 5.41) is 10.0. The molecular weight excluding hydrogens is 375 g/mol. The molecule has 0 saturated heterocycles. The fourth-order valence-corrected chi connectivity index (χ4v) is 1.23. The van der Waals surface area contributed by atoms with Gasteiger partial charge in [-0.1, -0.05) is 45.4 Å². The molecule has 0 aliphatic carbocycles. The van der Waals surface area contributed by atoms with E-state index in [1.165, 1.54) is 32.1 Å². The number of aliphatic carboxylic acids is 1. The first-order valence-corrected chi connectivity index (χ1v) is 4.97. The third-order valence-corrected chi connectivity index (χ3v) is 1.98. The summed E-state index contributed by atoms with van der Waals surface area (Å²) in [6, 6.07) is 0. The maximum absolute atomic E-state index is 10.0. The van der Waals surface area contributed by atoms with Crippen LogP contribution in [-0.2, 0) is 4.79 Å². The Kier molecular flexibility index (Phi) is 16.6. The van der Waals surface area contributed by atoms with Crippen LogP contribution < -0.4 is 5.11 Å². The minimum Gasteiger partial charge on any atom is -0.550 e. The number of carbonyl (C=O) groups excluding carboxylic acids is 1. The Labute approximate surface area is 122 Å². The van der Waals surface area contributed by atoms with Gasteiger partial charge in [0.05, 0.1) is 0 Å². The topological polar surface area (TPSA) is 40.1 Å². The number of unbranched alkanes of at least 4 members (excludes halogenated alkanes) is 6. The minimum absolute atomic E-state index is 0. The van der Waals surface area contributed by atoms with Gasteiger partial charge < -0.3 is 9.90 Å². The van der Waals surface area contributed by atoms with E-state index in [9.17, 15) is 9.90 Å². The Morgan fingerprint density at radius 3 is 1.92 bits per heavy atom. The quantitative estimate of drug-likeness (QED) is 0.590. The zero-order valence-electron chi connectivity index (χ0n) is 8.97. The van der Waals surface area contributed by atoms with Crippen molar-refractivity contribution in [2.45, 2.75) is 58.3 Å². The van der Waals surface area contributed by atoms with Gasteiger partial charge >= 0.3 is 49.9 Å². The molecule has 0 aromatic heterocycles. The maximum Gasteiger partial charge on any atom is 1.00 e. The van der Waals surface area contributed by atoms with E-state index >= 15 is 0 Å². The van der Waals surface area contributed by atoms with Crippen molar-refractivity contribution < 1.29 is 59.8 Å². The Balaban J connectivity index is 0. The molecule has 0 rings (SSSR count). The molecule has 0 heterocycles. The van der Waals surface area contributed by atoms with Crippen molar-refractivity contribution in [1.82, 2.24) is 0 Å². The van der Waals surface area contributed by atoms with Crippen LogP contribution in [0.3, 0.4) is 0 Å². The fourth-order valence-electron chi connectivity index (χ4n) is 1.23. The van der Waals surface area contributed by atoms with Crippen LogP contribution in [0.25, 0.3) is 0 Å². The first-order chi connectivity index (χ1) is 5.77. The molecule has 0 spiro atoms. The number of carbonyl (C=O) groups is 1. The van der Waals surface area contributed by atoms with Gasteiger partial charge in [0.1, 0.15) is 0 Å². The summed E-state index contributed by atoms with van der Waals surface area (Å²) in [6.45, 7) is 2.19. The first-order valence-electron chi connectivity index (χ1n) is 4.97. The number of rotatable bonds is 8. The molecule has 0 aromatic carbocycles. The van der Waals surface area contributed by atoms with Crippen LogP contribution in [0, 0.1) is 49.9 Å². The second-order valence-electron chi connectivity index (χ2n) is 3.24. The van der Waals surface area contributed by atoms with E-state index in [1.807, 2.05) is 0 Å². The van der Waals surface area contributed by atoms with Crippen LogP contribution in [0.2, 0.25) is 0 Å². The van der Waals surface area contributed by atoms with Crippen LogP contribution in [0.4, 0.5) is 0 Å². The van der Waals surface area contributed by atoms with Crippen molar-refractivity contribution in [3.05, 3.63) is 0 Å². The van der Waals surface area contributed by atoms with Gasteiger partial charge in [0.25, 0.3) is 0 Å². The SMILES string of the molecule is CCCCCCCCCC(=O)[O-].[Fr+]. The van der Waals surface area contributed by atoms with Crippen molar-refractivity contribution in [2.24, 2.45) is 0 Å². The van der Waals surface area contributed by atoms with Gasteiger partial charge in [-0.05, 0) is 12.8 Å². The van der Waals surface area contributed by atoms with Crippen molar-refractivity contribution in [3.63, 3.8) is 0 Å². The Morgan fingerprint density at radius 2 is 1.46 bits per heavy atom. The number of hydrogen-bond acceptors (Lipinski definition) is 2. The fraction of sp³-hybridized carbons (Fsp3) is 0.900. The summed E-state index contributed by atoms with van der Waals surface area (Å²) in [6.07, 6.45) is 8.34. The molecule has 0 bridgehead atoms. The molecule has 2 nitrogen and oxygen atoms in total. The number of hydrogen-bond donors (Lipinski definition) is 0. The smallest absolute Gasteiger partial charge is 0.550 e. The molecule has 0 saturated carbocycles. The molecule has 0 N–H and O–H groups in total. The van der Waals surface area contributed by atoms with Gasteiger partial charge in [-0.15, -0.1) is 0 Å². The normalized spacial score (nSPS) is 9.31. The molecular formula is C10H19FrO2. The van der Waals surface area contributed by atoms with Crippen LogP contribution in [0.1, 0.15) is 58.3 Å². The molecule has 0 amide bonds. The Hall–Kier alpha value is 1.07. The largest absolute Gasteiger partial charge is 1.00 e. The van der Waals surface area contributed by atoms with Gasteiger partial charge in [0.2, 0.25) is 0 Å². The van der Waals surface area contributed by atoms with Crippen LogP contribution >= 0.6 is 0 Å². The van der Waals surface area contributed by atoms with Gasteiger partial charge in [-0.25, -0.2) is 0 Å². The number of carboxylic acid groups (broad SMARTS) is 1. The van der Waals surface area contributed by atoms with E-state index < -0.39 is 5.97 Å². The van der Waals surface area contributed by atoms with Crippen LogP contribution in [-0.4, -0.2) is 5.97 Å². The van der Waals surface area contributed by atoms with Gasteiger partial charge in [-0.2, -0.15) is 0 Å². The molecule has 0 atom stereocenters. The average Bonchev–Trinajstić information content (AvgIpc) is 2.02. The van der Waals surface area contributed by atoms with E-state index in [-0.39, 0.29) is 56.3 Å². The molecule has 13 heavy (non-hydrogen) atoms. The Morgan fingerprint density at radius 1 is 1.00 bits per heavy atom. The third kappa shape index (κ3) is 15.8. The monoisotopic (exact) mass is 394 g/mol. The average molecular weight is 394 g/mol. The predicted octanol–water partition coefficient (Wildman–Crippen LogP) is 1.88. The summed E-state index contributed by atoms with van der Waals surface area (Å²) >= 11 is 0. The van der Waals surface area contributed by atoms with Crippen LogP contribution in [0.5, 0.6) is 0 Å². The first kappa shape index (κ1) is 16.5. The third-order valence-electron chi connectivity index (χ3n) is 1.98. The Bertz CT molecular complexity index is 115. The van der Waals surface area contributed by atoms with E-state index in [2.05, 4.69) is 6.92 Å². The standard InChI is InChI=1S/C10H20O2.Fr/c1-2-3-4-5-6-7-8-9-10(11)12;/h2-9H2,1H3,(H,11,12);/q;+1/p-1. The molecule has 0 unspecified atom stereocenters. The van der Waals surface area contributed by atoms with E-state index in [0.29, 0.717) is 0 Å². The van der Waals surface area contributed by atoms with Crippen molar-refractivity contribution in [3.8, 4) is 0 Å². The second kappa shape index (κ2) is 13.1. The summed E-state index contributed by atoms with van der Waals surface area (Å²) in [5.74, 6) is -0.913. The second-order valence-corrected chi connectivity index (χ2v) is 3.24. The van der Waals surface area contributed by atoms with Crippen LogP contribution in [0.15, 0.2) is 0 Å². The zero-order valence-corrected chi connectivity index (χ0v) is 17.2. The molecule has 3 heteroatoms. The van der Waals surface area contributed by atoms with E-state index in [0.717, 1.165) is 12.8 Å². The molecule has 0 aliphatic heterocycles. The predicted molar refractivity (Wildman–Crippen MR) is 47.6 cm³/mol. The summed E-state index contributed by atoms with van der Waals surface area (Å²) < 4.78 is 0. The molecule has 72 valence electrons. The molecule has 0 aliphatic rings. The summed E-state index contributed by atoms with van der Waals surface area (Å²) in [5.41, 5.74) is 0. The van der Waals surface area contributed by atoms with Crippen molar-refractivity contribution >= 4 is 5.97 Å². The number of carboxylic acids is 1. The zero-order chi connectivity index (χ0) is 9.23. The molecule has 0 aromatic rings. The van der Waals surface area contributed by atoms with Gasteiger partial charge in [-0.3, -0.25) is 0 Å². The minimum atomic E-state index is -0.913. The van der Waals surface area contributed by atoms with Crippen molar-refractivity contribution in [2.75, 3.05) is 0 Å².